The van der Waals surface area contributed by atoms with Crippen molar-refractivity contribution in [2.24, 2.45) is 0 Å². The van der Waals surface area contributed by atoms with Gasteiger partial charge in [-0.1, -0.05) is 23.8 Å². The van der Waals surface area contributed by atoms with Crippen LogP contribution in [0.1, 0.15) is 43.6 Å². The largest absolute Gasteiger partial charge is 0.377 e. The van der Waals surface area contributed by atoms with Crippen LogP contribution in [-0.2, 0) is 25.7 Å². The summed E-state index contributed by atoms with van der Waals surface area (Å²) in [6.45, 7) is 5.77. The van der Waals surface area contributed by atoms with Gasteiger partial charge in [0.1, 0.15) is 15.7 Å². The predicted molar refractivity (Wildman–Crippen MR) is 121 cm³/mol. The third-order valence-electron chi connectivity index (χ3n) is 6.61. The molecule has 0 aromatic carbocycles. The van der Waals surface area contributed by atoms with Gasteiger partial charge in [0.15, 0.2) is 15.7 Å². The zero-order chi connectivity index (χ0) is 21.8. The van der Waals surface area contributed by atoms with Crippen molar-refractivity contribution in [3.05, 3.63) is 40.3 Å². The fraction of sp³-hybridized carbons (Fsp3) is 0.500. The van der Waals surface area contributed by atoms with Crippen LogP contribution >= 0.6 is 11.6 Å². The van der Waals surface area contributed by atoms with Crippen LogP contribution in [-0.4, -0.2) is 54.9 Å². The molecule has 0 bridgehead atoms. The van der Waals surface area contributed by atoms with Crippen molar-refractivity contribution in [2.45, 2.75) is 43.9 Å². The average Bonchev–Trinajstić information content (AvgIpc) is 3.31. The first-order valence-electron chi connectivity index (χ1n) is 10.6. The van der Waals surface area contributed by atoms with Gasteiger partial charge in [-0.2, -0.15) is 0 Å². The van der Waals surface area contributed by atoms with Gasteiger partial charge in [0.05, 0.1) is 36.4 Å². The summed E-state index contributed by atoms with van der Waals surface area (Å²) >= 11 is 6.31. The van der Waals surface area contributed by atoms with Crippen LogP contribution in [0.25, 0.3) is 17.5 Å². The summed E-state index contributed by atoms with van der Waals surface area (Å²) in [5, 5.41) is 0.382. The Balaban J connectivity index is 1.73. The normalized spacial score (nSPS) is 26.9. The van der Waals surface area contributed by atoms with Gasteiger partial charge in [0.2, 0.25) is 0 Å². The zero-order valence-corrected chi connectivity index (χ0v) is 19.2. The van der Waals surface area contributed by atoms with Crippen molar-refractivity contribution in [3.63, 3.8) is 0 Å². The Hall–Kier alpha value is -2.03. The minimum atomic E-state index is -3.31. The zero-order valence-electron chi connectivity index (χ0n) is 17.6. The maximum absolute atomic E-state index is 13.0. The van der Waals surface area contributed by atoms with Crippen molar-refractivity contribution >= 4 is 33.3 Å². The number of anilines is 1. The highest BCUT2D eigenvalue weighted by Gasteiger charge is 2.47. The maximum atomic E-state index is 13.0. The molecule has 0 N–H and O–H groups in total. The molecule has 2 aromatic rings. The van der Waals surface area contributed by atoms with E-state index in [1.807, 2.05) is 18.2 Å². The SMILES string of the molecule is C[C@@H]1COCCN1c1cc([C@@]2(C)CCCS2(=O)=O)nc(-c2cc(Cl)nc3c2C=CC3)n1. The van der Waals surface area contributed by atoms with E-state index >= 15 is 0 Å². The van der Waals surface area contributed by atoms with Crippen LogP contribution in [0.5, 0.6) is 0 Å². The van der Waals surface area contributed by atoms with E-state index in [9.17, 15) is 8.42 Å². The second-order valence-electron chi connectivity index (χ2n) is 8.67. The number of ether oxygens (including phenoxy) is 1. The molecule has 2 aromatic heterocycles. The van der Waals surface area contributed by atoms with E-state index in [-0.39, 0.29) is 11.8 Å². The molecule has 2 aliphatic heterocycles. The summed E-state index contributed by atoms with van der Waals surface area (Å²) in [6, 6.07) is 3.75. The molecule has 0 radical (unpaired) electrons. The molecule has 2 saturated heterocycles. The quantitative estimate of drug-likeness (QED) is 0.649. The van der Waals surface area contributed by atoms with Gasteiger partial charge in [-0.3, -0.25) is 0 Å². The van der Waals surface area contributed by atoms with Crippen LogP contribution in [0.3, 0.4) is 0 Å². The fourth-order valence-electron chi connectivity index (χ4n) is 4.70. The van der Waals surface area contributed by atoms with Crippen LogP contribution in [0.2, 0.25) is 5.15 Å². The monoisotopic (exact) mass is 460 g/mol. The molecule has 0 saturated carbocycles. The molecule has 31 heavy (non-hydrogen) atoms. The minimum Gasteiger partial charge on any atom is -0.377 e. The van der Waals surface area contributed by atoms with Crippen molar-refractivity contribution in [3.8, 4) is 11.4 Å². The lowest BCUT2D eigenvalue weighted by Gasteiger charge is -2.35. The number of hydrogen-bond donors (Lipinski definition) is 0. The number of halogens is 1. The topological polar surface area (TPSA) is 85.3 Å². The summed E-state index contributed by atoms with van der Waals surface area (Å²) in [7, 11) is -3.31. The molecule has 0 unspecified atom stereocenters. The minimum absolute atomic E-state index is 0.129. The molecular weight excluding hydrogens is 436 g/mol. The van der Waals surface area contributed by atoms with Crippen LogP contribution < -0.4 is 4.90 Å². The number of hydrogen-bond acceptors (Lipinski definition) is 7. The van der Waals surface area contributed by atoms with E-state index in [2.05, 4.69) is 16.8 Å². The first-order valence-corrected chi connectivity index (χ1v) is 12.6. The predicted octanol–water partition coefficient (Wildman–Crippen LogP) is 3.41. The van der Waals surface area contributed by atoms with Gasteiger partial charge in [-0.25, -0.2) is 23.4 Å². The van der Waals surface area contributed by atoms with Gasteiger partial charge < -0.3 is 9.64 Å². The smallest absolute Gasteiger partial charge is 0.162 e. The molecule has 9 heteroatoms. The lowest BCUT2D eigenvalue weighted by Crippen LogP contribution is -2.44. The Morgan fingerprint density at radius 1 is 1.26 bits per heavy atom. The maximum Gasteiger partial charge on any atom is 0.162 e. The number of morpholine rings is 1. The first-order chi connectivity index (χ1) is 14.8. The van der Waals surface area contributed by atoms with E-state index in [4.69, 9.17) is 26.3 Å². The molecular formula is C22H25ClN4O3S. The Bertz CT molecular complexity index is 1180. The Morgan fingerprint density at radius 3 is 2.84 bits per heavy atom. The second kappa shape index (κ2) is 7.53. The Morgan fingerprint density at radius 2 is 2.10 bits per heavy atom. The van der Waals surface area contributed by atoms with Gasteiger partial charge in [-0.05, 0) is 32.8 Å². The lowest BCUT2D eigenvalue weighted by molar-refractivity contribution is 0.0985. The highest BCUT2D eigenvalue weighted by atomic mass is 35.5. The van der Waals surface area contributed by atoms with Crippen molar-refractivity contribution < 1.29 is 13.2 Å². The van der Waals surface area contributed by atoms with Crippen LogP contribution in [0.15, 0.2) is 18.2 Å². The number of nitrogens with zero attached hydrogens (tertiary/aromatic N) is 4. The van der Waals surface area contributed by atoms with Gasteiger partial charge in [0.25, 0.3) is 0 Å². The fourth-order valence-corrected chi connectivity index (χ4v) is 6.76. The van der Waals surface area contributed by atoms with Crippen molar-refractivity contribution in [1.82, 2.24) is 15.0 Å². The van der Waals surface area contributed by atoms with Crippen molar-refractivity contribution in [1.29, 1.82) is 0 Å². The molecule has 2 fully saturated rings. The van der Waals surface area contributed by atoms with E-state index < -0.39 is 14.6 Å². The van der Waals surface area contributed by atoms with Gasteiger partial charge in [0, 0.05) is 30.2 Å². The van der Waals surface area contributed by atoms with Gasteiger partial charge >= 0.3 is 0 Å². The second-order valence-corrected chi connectivity index (χ2v) is 11.6. The number of rotatable bonds is 3. The summed E-state index contributed by atoms with van der Waals surface area (Å²) < 4.78 is 30.5. The number of fused-ring (bicyclic) bond motifs is 1. The Kier molecular flexibility index (Phi) is 5.07. The molecule has 2 atom stereocenters. The first kappa shape index (κ1) is 20.8. The summed E-state index contributed by atoms with van der Waals surface area (Å²) in [4.78, 5) is 16.3. The lowest BCUT2D eigenvalue weighted by atomic mass is 10.00. The van der Waals surface area contributed by atoms with E-state index in [0.717, 1.165) is 22.6 Å². The third-order valence-corrected chi connectivity index (χ3v) is 9.42. The number of sulfone groups is 1. The molecule has 7 nitrogen and oxygen atoms in total. The van der Waals surface area contributed by atoms with E-state index in [1.165, 1.54) is 0 Å². The van der Waals surface area contributed by atoms with E-state index in [1.54, 1.807) is 13.0 Å². The third kappa shape index (κ3) is 3.45. The number of aromatic nitrogens is 3. The van der Waals surface area contributed by atoms with Gasteiger partial charge in [-0.15, -0.1) is 0 Å². The summed E-state index contributed by atoms with van der Waals surface area (Å²) in [6.07, 6.45) is 5.95. The number of allylic oxidation sites excluding steroid dienone is 1. The highest BCUT2D eigenvalue weighted by molar-refractivity contribution is 7.92. The summed E-state index contributed by atoms with van der Waals surface area (Å²) in [5.41, 5.74) is 3.17. The molecule has 3 aliphatic rings. The molecule has 0 spiro atoms. The molecule has 1 aliphatic carbocycles. The molecule has 0 amide bonds. The standard InChI is InChI=1S/C22H25ClN4O3S/c1-14-13-30-9-8-27(14)20-12-18(22(2)7-4-10-31(22,28)29)25-21(26-20)16-11-19(23)24-17-6-3-5-15(16)17/h3,5,11-12,14H,4,6-10,13H2,1-2H3/t14-,22-/m1/s1. The molecule has 164 valence electrons. The molecule has 4 heterocycles. The Labute approximate surface area is 187 Å². The van der Waals surface area contributed by atoms with Crippen LogP contribution in [0, 0.1) is 0 Å². The van der Waals surface area contributed by atoms with E-state index in [0.29, 0.717) is 55.7 Å². The summed E-state index contributed by atoms with van der Waals surface area (Å²) in [5.74, 6) is 1.40. The molecule has 5 rings (SSSR count). The van der Waals surface area contributed by atoms with Crippen molar-refractivity contribution in [2.75, 3.05) is 30.4 Å². The number of pyridine rings is 1. The highest BCUT2D eigenvalue weighted by Crippen LogP contribution is 2.42. The van der Waals surface area contributed by atoms with Crippen LogP contribution in [0.4, 0.5) is 5.82 Å². The average molecular weight is 461 g/mol.